The molecule has 0 aliphatic carbocycles. The summed E-state index contributed by atoms with van der Waals surface area (Å²) in [4.78, 5) is 38.2. The van der Waals surface area contributed by atoms with Crippen LogP contribution in [0, 0.1) is 5.41 Å². The van der Waals surface area contributed by atoms with Crippen molar-refractivity contribution in [3.05, 3.63) is 52.2 Å². The molecule has 1 aliphatic rings. The fourth-order valence-corrected chi connectivity index (χ4v) is 4.62. The maximum Gasteiger partial charge on any atom is 0.319 e. The fourth-order valence-electron chi connectivity index (χ4n) is 2.88. The van der Waals surface area contributed by atoms with E-state index in [1.54, 1.807) is 35.6 Å². The van der Waals surface area contributed by atoms with E-state index in [1.807, 2.05) is 17.5 Å². The lowest BCUT2D eigenvalue weighted by Gasteiger charge is -2.30. The molecule has 0 bridgehead atoms. The molecule has 0 saturated carbocycles. The molecule has 1 aliphatic heterocycles. The summed E-state index contributed by atoms with van der Waals surface area (Å²) in [6.07, 6.45) is 0. The largest absolute Gasteiger partial charge is 0.330 e. The number of amides is 4. The van der Waals surface area contributed by atoms with Gasteiger partial charge in [-0.2, -0.15) is 0 Å². The van der Waals surface area contributed by atoms with Crippen LogP contribution in [0.3, 0.4) is 0 Å². The third-order valence-electron chi connectivity index (χ3n) is 4.36. The molecule has 1 fully saturated rings. The first-order chi connectivity index (χ1) is 13.2. The van der Waals surface area contributed by atoms with E-state index in [0.29, 0.717) is 5.69 Å². The van der Waals surface area contributed by atoms with E-state index in [-0.39, 0.29) is 40.9 Å². The number of benzene rings is 1. The Bertz CT molecular complexity index is 842. The van der Waals surface area contributed by atoms with Gasteiger partial charge in [0.2, 0.25) is 5.91 Å². The van der Waals surface area contributed by atoms with Crippen LogP contribution in [0.2, 0.25) is 0 Å². The molecule has 0 radical (unpaired) electrons. The second-order valence-corrected chi connectivity index (χ2v) is 9.55. The second-order valence-electron chi connectivity index (χ2n) is 7.64. The molecule has 2 heterocycles. The number of carbonyl (C=O) groups is 3. The van der Waals surface area contributed by atoms with Crippen molar-refractivity contribution in [1.29, 1.82) is 0 Å². The molecule has 8 heteroatoms. The summed E-state index contributed by atoms with van der Waals surface area (Å²) in [6, 6.07) is 10.8. The lowest BCUT2D eigenvalue weighted by atomic mass is 9.86. The normalized spacial score (nSPS) is 15.6. The highest BCUT2D eigenvalue weighted by Crippen LogP contribution is 2.35. The van der Waals surface area contributed by atoms with Crippen LogP contribution in [0.4, 0.5) is 15.3 Å². The highest BCUT2D eigenvalue weighted by Gasteiger charge is 2.30. The number of imide groups is 1. The maximum atomic E-state index is 12.5. The molecule has 3 rings (SSSR count). The first-order valence-corrected chi connectivity index (χ1v) is 10.8. The van der Waals surface area contributed by atoms with Gasteiger partial charge in [0.1, 0.15) is 0 Å². The van der Waals surface area contributed by atoms with E-state index in [1.165, 1.54) is 4.90 Å². The van der Waals surface area contributed by atoms with Crippen molar-refractivity contribution >= 4 is 46.0 Å². The SMILES string of the molecule is CC(C)(C)C(NC(=O)Nc1ccc(CN2C(=O)CSC2=O)cc1)c1cccs1. The van der Waals surface area contributed by atoms with Gasteiger partial charge in [-0.3, -0.25) is 14.5 Å². The standard InChI is InChI=1S/C20H23N3O3S2/c1-20(2,3)17(15-5-4-10-27-15)22-18(25)21-14-8-6-13(7-9-14)11-23-16(24)12-28-19(23)26/h4-10,17H,11-12H2,1-3H3,(H2,21,22,25). The monoisotopic (exact) mass is 417 g/mol. The molecule has 28 heavy (non-hydrogen) atoms. The Morgan fingerprint density at radius 1 is 1.18 bits per heavy atom. The molecule has 1 aromatic carbocycles. The Hall–Kier alpha value is -2.32. The number of hydrogen-bond donors (Lipinski definition) is 2. The third kappa shape index (κ3) is 4.94. The number of anilines is 1. The summed E-state index contributed by atoms with van der Waals surface area (Å²) in [5.41, 5.74) is 1.36. The van der Waals surface area contributed by atoms with E-state index < -0.39 is 0 Å². The van der Waals surface area contributed by atoms with Crippen molar-refractivity contribution in [3.8, 4) is 0 Å². The minimum absolute atomic E-state index is 0.100. The van der Waals surface area contributed by atoms with Gasteiger partial charge in [0.15, 0.2) is 0 Å². The van der Waals surface area contributed by atoms with Crippen LogP contribution in [0.1, 0.15) is 37.3 Å². The Morgan fingerprint density at radius 2 is 1.89 bits per heavy atom. The van der Waals surface area contributed by atoms with Crippen LogP contribution >= 0.6 is 23.1 Å². The lowest BCUT2D eigenvalue weighted by Crippen LogP contribution is -2.38. The molecule has 1 aromatic heterocycles. The maximum absolute atomic E-state index is 12.5. The van der Waals surface area contributed by atoms with Crippen molar-refractivity contribution in [3.63, 3.8) is 0 Å². The van der Waals surface area contributed by atoms with E-state index in [4.69, 9.17) is 0 Å². The molecular weight excluding hydrogens is 394 g/mol. The predicted octanol–water partition coefficient (Wildman–Crippen LogP) is 4.85. The topological polar surface area (TPSA) is 78.5 Å². The van der Waals surface area contributed by atoms with Crippen LogP contribution in [0.5, 0.6) is 0 Å². The quantitative estimate of drug-likeness (QED) is 0.729. The van der Waals surface area contributed by atoms with Crippen LogP contribution in [-0.4, -0.2) is 27.8 Å². The van der Waals surface area contributed by atoms with E-state index in [0.717, 1.165) is 22.2 Å². The van der Waals surface area contributed by atoms with Crippen molar-refractivity contribution in [2.45, 2.75) is 33.4 Å². The first kappa shape index (κ1) is 20.4. The zero-order valence-corrected chi connectivity index (χ0v) is 17.7. The summed E-state index contributed by atoms with van der Waals surface area (Å²) in [6.45, 7) is 6.52. The van der Waals surface area contributed by atoms with Crippen LogP contribution in [0.15, 0.2) is 41.8 Å². The molecule has 1 unspecified atom stereocenters. The number of thioether (sulfide) groups is 1. The molecule has 4 amide bonds. The van der Waals surface area contributed by atoms with Gasteiger partial charge in [0.05, 0.1) is 18.3 Å². The number of nitrogens with one attached hydrogen (secondary N) is 2. The molecule has 2 N–H and O–H groups in total. The fraction of sp³-hybridized carbons (Fsp3) is 0.350. The van der Waals surface area contributed by atoms with Crippen molar-refractivity contribution < 1.29 is 14.4 Å². The smallest absolute Gasteiger partial charge is 0.319 e. The van der Waals surface area contributed by atoms with E-state index in [9.17, 15) is 14.4 Å². The molecular formula is C20H23N3O3S2. The van der Waals surface area contributed by atoms with Crippen LogP contribution < -0.4 is 10.6 Å². The number of urea groups is 1. The van der Waals surface area contributed by atoms with Gasteiger partial charge in [-0.1, -0.05) is 50.7 Å². The Kier molecular flexibility index (Phi) is 6.10. The highest BCUT2D eigenvalue weighted by atomic mass is 32.2. The predicted molar refractivity (Wildman–Crippen MR) is 114 cm³/mol. The zero-order chi connectivity index (χ0) is 20.3. The molecule has 1 atom stereocenters. The van der Waals surface area contributed by atoms with Crippen LogP contribution in [-0.2, 0) is 11.3 Å². The van der Waals surface area contributed by atoms with Crippen molar-refractivity contribution in [2.75, 3.05) is 11.1 Å². The first-order valence-electron chi connectivity index (χ1n) is 8.91. The number of nitrogens with zero attached hydrogens (tertiary/aromatic N) is 1. The van der Waals surface area contributed by atoms with Gasteiger partial charge in [-0.25, -0.2) is 4.79 Å². The van der Waals surface area contributed by atoms with Gasteiger partial charge in [-0.15, -0.1) is 11.3 Å². The number of thiophene rings is 1. The van der Waals surface area contributed by atoms with Gasteiger partial charge < -0.3 is 10.6 Å². The summed E-state index contributed by atoms with van der Waals surface area (Å²) in [5, 5.41) is 7.69. The van der Waals surface area contributed by atoms with Gasteiger partial charge >= 0.3 is 6.03 Å². The van der Waals surface area contributed by atoms with Crippen molar-refractivity contribution in [2.24, 2.45) is 5.41 Å². The van der Waals surface area contributed by atoms with Crippen molar-refractivity contribution in [1.82, 2.24) is 10.2 Å². The summed E-state index contributed by atoms with van der Waals surface area (Å²) in [7, 11) is 0. The highest BCUT2D eigenvalue weighted by molar-refractivity contribution is 8.14. The van der Waals surface area contributed by atoms with E-state index in [2.05, 4.69) is 31.4 Å². The molecule has 0 spiro atoms. The summed E-state index contributed by atoms with van der Waals surface area (Å²) < 4.78 is 0. The van der Waals surface area contributed by atoms with Crippen LogP contribution in [0.25, 0.3) is 0 Å². The minimum Gasteiger partial charge on any atom is -0.330 e. The molecule has 1 saturated heterocycles. The number of rotatable bonds is 5. The molecule has 6 nitrogen and oxygen atoms in total. The number of hydrogen-bond acceptors (Lipinski definition) is 5. The Labute approximate surface area is 172 Å². The Morgan fingerprint density at radius 3 is 2.43 bits per heavy atom. The third-order valence-corrected chi connectivity index (χ3v) is 6.16. The molecule has 148 valence electrons. The second kappa shape index (κ2) is 8.36. The lowest BCUT2D eigenvalue weighted by molar-refractivity contribution is -0.125. The Balaban J connectivity index is 1.61. The number of carbonyl (C=O) groups excluding carboxylic acids is 3. The average molecular weight is 418 g/mol. The minimum atomic E-state index is -0.276. The average Bonchev–Trinajstić information content (AvgIpc) is 3.26. The van der Waals surface area contributed by atoms with E-state index >= 15 is 0 Å². The van der Waals surface area contributed by atoms with Gasteiger partial charge in [0.25, 0.3) is 5.24 Å². The molecule has 2 aromatic rings. The zero-order valence-electron chi connectivity index (χ0n) is 16.0. The van der Waals surface area contributed by atoms with Gasteiger partial charge in [0, 0.05) is 10.6 Å². The summed E-state index contributed by atoms with van der Waals surface area (Å²) in [5.74, 6) is 0.0380. The summed E-state index contributed by atoms with van der Waals surface area (Å²) >= 11 is 2.64. The van der Waals surface area contributed by atoms with Gasteiger partial charge in [-0.05, 0) is 34.6 Å².